The number of aromatic nitrogens is 1. The van der Waals surface area contributed by atoms with E-state index in [0.717, 1.165) is 80.0 Å². The largest absolute Gasteiger partial charge is 0.351 e. The summed E-state index contributed by atoms with van der Waals surface area (Å²) in [6, 6.07) is 4.49. The smallest absolute Gasteiger partial charge is 0.271 e. The number of rotatable bonds is 7. The lowest BCUT2D eigenvalue weighted by Crippen LogP contribution is -2.65. The Bertz CT molecular complexity index is 1060. The van der Waals surface area contributed by atoms with Crippen LogP contribution >= 0.6 is 11.3 Å². The van der Waals surface area contributed by atoms with Crippen molar-refractivity contribution < 1.29 is 9.59 Å². The van der Waals surface area contributed by atoms with Crippen LogP contribution in [0.4, 0.5) is 0 Å². The molecule has 0 aromatic carbocycles. The number of hydrogen-bond donors (Lipinski definition) is 1. The molecule has 4 heterocycles. The minimum Gasteiger partial charge on any atom is -0.351 e. The van der Waals surface area contributed by atoms with Gasteiger partial charge in [-0.15, -0.1) is 11.3 Å². The standard InChI is InChI=1S/C28H42N4O2S/c1-4-22-17-23-25(35-22)18-24-26(33)32(16-8-15-30-13-6-5-7-14-30)28(3,19-31(23)24)27(34)29-21-11-9-20(2)10-12-21/h17-18,20-21H,4-16,19H2,1-3H3,(H,29,34)/t20?,21?,28-/m0/s1. The van der Waals surface area contributed by atoms with Crippen LogP contribution in [0.25, 0.3) is 10.2 Å². The van der Waals surface area contributed by atoms with E-state index in [4.69, 9.17) is 0 Å². The van der Waals surface area contributed by atoms with Crippen LogP contribution in [0.5, 0.6) is 0 Å². The van der Waals surface area contributed by atoms with Crippen molar-refractivity contribution in [1.29, 1.82) is 0 Å². The SMILES string of the molecule is CCc1cc2c(cc3n2C[C@@](C)(C(=O)NC2CCC(C)CC2)N(CCCN2CCCCC2)C3=O)s1. The Morgan fingerprint density at radius 1 is 1.11 bits per heavy atom. The van der Waals surface area contributed by atoms with Gasteiger partial charge in [-0.3, -0.25) is 9.59 Å². The highest BCUT2D eigenvalue weighted by Gasteiger charge is 2.48. The topological polar surface area (TPSA) is 57.6 Å². The molecule has 0 bridgehead atoms. The highest BCUT2D eigenvalue weighted by atomic mass is 32.1. The molecule has 1 saturated carbocycles. The third-order valence-electron chi connectivity index (χ3n) is 8.66. The molecule has 1 N–H and O–H groups in total. The number of piperidine rings is 1. The van der Waals surface area contributed by atoms with Gasteiger partial charge in [0.25, 0.3) is 5.91 Å². The van der Waals surface area contributed by atoms with Crippen molar-refractivity contribution in [1.82, 2.24) is 19.7 Å². The van der Waals surface area contributed by atoms with E-state index in [2.05, 4.69) is 40.8 Å². The molecule has 0 radical (unpaired) electrons. The molecule has 2 aromatic heterocycles. The zero-order chi connectivity index (χ0) is 24.6. The lowest BCUT2D eigenvalue weighted by Gasteiger charge is -2.45. The zero-order valence-electron chi connectivity index (χ0n) is 21.8. The number of nitrogens with one attached hydrogen (secondary N) is 1. The Hall–Kier alpha value is -1.86. The minimum atomic E-state index is -0.880. The average molecular weight is 499 g/mol. The number of likely N-dealkylation sites (tertiary alicyclic amines) is 1. The second kappa shape index (κ2) is 10.3. The van der Waals surface area contributed by atoms with Crippen LogP contribution in [-0.4, -0.2) is 63.9 Å². The number of nitrogens with zero attached hydrogens (tertiary/aromatic N) is 3. The molecule has 2 amide bonds. The summed E-state index contributed by atoms with van der Waals surface area (Å²) in [5, 5.41) is 3.37. The summed E-state index contributed by atoms with van der Waals surface area (Å²) in [6.45, 7) is 10.9. The Balaban J connectivity index is 1.39. The molecule has 1 atom stereocenters. The van der Waals surface area contributed by atoms with Gasteiger partial charge in [0.05, 0.1) is 16.8 Å². The Morgan fingerprint density at radius 3 is 2.57 bits per heavy atom. The first kappa shape index (κ1) is 24.8. The van der Waals surface area contributed by atoms with Crippen LogP contribution in [0.3, 0.4) is 0 Å². The fraction of sp³-hybridized carbons (Fsp3) is 0.714. The summed E-state index contributed by atoms with van der Waals surface area (Å²) in [4.78, 5) is 33.5. The summed E-state index contributed by atoms with van der Waals surface area (Å²) >= 11 is 1.77. The van der Waals surface area contributed by atoms with E-state index < -0.39 is 5.54 Å². The molecule has 1 saturated heterocycles. The molecule has 2 fully saturated rings. The maximum absolute atomic E-state index is 13.9. The van der Waals surface area contributed by atoms with Gasteiger partial charge in [0.15, 0.2) is 0 Å². The monoisotopic (exact) mass is 498 g/mol. The van der Waals surface area contributed by atoms with Gasteiger partial charge in [0, 0.05) is 17.5 Å². The van der Waals surface area contributed by atoms with E-state index in [0.29, 0.717) is 13.1 Å². The summed E-state index contributed by atoms with van der Waals surface area (Å²) in [7, 11) is 0. The fourth-order valence-electron chi connectivity index (χ4n) is 6.29. The van der Waals surface area contributed by atoms with Gasteiger partial charge in [-0.2, -0.15) is 0 Å². The molecule has 2 aromatic rings. The quantitative estimate of drug-likeness (QED) is 0.581. The Morgan fingerprint density at radius 2 is 1.86 bits per heavy atom. The highest BCUT2D eigenvalue weighted by Crippen LogP contribution is 2.36. The van der Waals surface area contributed by atoms with Crippen molar-refractivity contribution >= 4 is 33.4 Å². The van der Waals surface area contributed by atoms with Crippen molar-refractivity contribution in [3.63, 3.8) is 0 Å². The molecule has 5 rings (SSSR count). The molecule has 192 valence electrons. The van der Waals surface area contributed by atoms with Crippen molar-refractivity contribution in [2.24, 2.45) is 5.92 Å². The van der Waals surface area contributed by atoms with Gasteiger partial charge in [0.2, 0.25) is 5.91 Å². The molecule has 0 unspecified atom stereocenters. The van der Waals surface area contributed by atoms with Crippen molar-refractivity contribution in [2.45, 2.75) is 96.7 Å². The molecule has 2 aliphatic heterocycles. The van der Waals surface area contributed by atoms with E-state index in [-0.39, 0.29) is 17.9 Å². The first-order chi connectivity index (χ1) is 16.9. The van der Waals surface area contributed by atoms with Gasteiger partial charge in [0.1, 0.15) is 11.2 Å². The summed E-state index contributed by atoms with van der Waals surface area (Å²) in [5.41, 5.74) is 0.965. The predicted molar refractivity (Wildman–Crippen MR) is 143 cm³/mol. The predicted octanol–water partition coefficient (Wildman–Crippen LogP) is 5.05. The van der Waals surface area contributed by atoms with Gasteiger partial charge < -0.3 is 19.7 Å². The molecular formula is C28H42N4O2S. The fourth-order valence-corrected chi connectivity index (χ4v) is 7.34. The Labute approximate surface area is 214 Å². The third kappa shape index (κ3) is 4.91. The minimum absolute atomic E-state index is 0.00580. The van der Waals surface area contributed by atoms with Gasteiger partial charge in [-0.25, -0.2) is 0 Å². The van der Waals surface area contributed by atoms with E-state index in [1.165, 1.54) is 24.1 Å². The van der Waals surface area contributed by atoms with E-state index in [1.807, 2.05) is 11.8 Å². The van der Waals surface area contributed by atoms with Crippen LogP contribution in [0, 0.1) is 5.92 Å². The maximum Gasteiger partial charge on any atom is 0.271 e. The van der Waals surface area contributed by atoms with Crippen LogP contribution in [-0.2, 0) is 17.8 Å². The summed E-state index contributed by atoms with van der Waals surface area (Å²) in [6.07, 6.45) is 10.2. The van der Waals surface area contributed by atoms with Crippen LogP contribution in [0.2, 0.25) is 0 Å². The first-order valence-corrected chi connectivity index (χ1v) is 14.7. The lowest BCUT2D eigenvalue weighted by molar-refractivity contribution is -0.133. The number of carbonyl (C=O) groups is 2. The Kier molecular flexibility index (Phi) is 7.27. The van der Waals surface area contributed by atoms with Crippen molar-refractivity contribution in [3.05, 3.63) is 22.7 Å². The lowest BCUT2D eigenvalue weighted by atomic mass is 9.86. The van der Waals surface area contributed by atoms with Gasteiger partial charge in [-0.1, -0.05) is 20.3 Å². The molecule has 1 aliphatic carbocycles. The van der Waals surface area contributed by atoms with Crippen LogP contribution in [0.1, 0.15) is 87.5 Å². The maximum atomic E-state index is 13.9. The molecule has 35 heavy (non-hydrogen) atoms. The molecule has 3 aliphatic rings. The van der Waals surface area contributed by atoms with Gasteiger partial charge in [-0.05, 0) is 96.0 Å². The number of fused-ring (bicyclic) bond motifs is 3. The van der Waals surface area contributed by atoms with Crippen molar-refractivity contribution in [3.8, 4) is 0 Å². The highest BCUT2D eigenvalue weighted by molar-refractivity contribution is 7.19. The normalized spacial score (nSPS) is 27.9. The molecule has 0 spiro atoms. The van der Waals surface area contributed by atoms with E-state index in [9.17, 15) is 9.59 Å². The number of thiophene rings is 1. The van der Waals surface area contributed by atoms with Crippen LogP contribution < -0.4 is 5.32 Å². The molecule has 7 heteroatoms. The van der Waals surface area contributed by atoms with Gasteiger partial charge >= 0.3 is 0 Å². The zero-order valence-corrected chi connectivity index (χ0v) is 22.6. The number of hydrogen-bond acceptors (Lipinski definition) is 4. The molecular weight excluding hydrogens is 456 g/mol. The summed E-state index contributed by atoms with van der Waals surface area (Å²) in [5.74, 6) is 0.761. The first-order valence-electron chi connectivity index (χ1n) is 13.9. The number of amides is 2. The molecule has 6 nitrogen and oxygen atoms in total. The second-order valence-corrected chi connectivity index (χ2v) is 12.5. The van der Waals surface area contributed by atoms with E-state index in [1.54, 1.807) is 11.3 Å². The number of carbonyl (C=O) groups excluding carboxylic acids is 2. The third-order valence-corrected chi connectivity index (χ3v) is 9.88. The van der Waals surface area contributed by atoms with E-state index >= 15 is 0 Å². The van der Waals surface area contributed by atoms with Crippen molar-refractivity contribution in [2.75, 3.05) is 26.2 Å². The average Bonchev–Trinajstić information content (AvgIpc) is 3.42. The second-order valence-electron chi connectivity index (χ2n) is 11.3. The summed E-state index contributed by atoms with van der Waals surface area (Å²) < 4.78 is 3.28. The van der Waals surface area contributed by atoms with Crippen LogP contribution in [0.15, 0.2) is 12.1 Å². The number of aryl methyl sites for hydroxylation is 1.